The molecule has 0 amide bonds. The second-order valence-corrected chi connectivity index (χ2v) is 3.76. The summed E-state index contributed by atoms with van der Waals surface area (Å²) >= 11 is 0. The normalized spacial score (nSPS) is 13.2. The molecule has 0 aliphatic heterocycles. The fraction of sp³-hybridized carbons (Fsp3) is 0.333. The third kappa shape index (κ3) is 2.03. The number of para-hydroxylation sites is 1. The average molecular weight is 204 g/mol. The molecule has 2 aromatic rings. The van der Waals surface area contributed by atoms with Crippen LogP contribution in [0.5, 0.6) is 0 Å². The van der Waals surface area contributed by atoms with Crippen molar-refractivity contribution in [2.45, 2.75) is 18.9 Å². The van der Waals surface area contributed by atoms with Gasteiger partial charge in [0.25, 0.3) is 0 Å². The maximum atomic E-state index is 8.76. The van der Waals surface area contributed by atoms with Crippen molar-refractivity contribution in [1.82, 2.24) is 4.98 Å². The Kier molecular flexibility index (Phi) is 3.04. The van der Waals surface area contributed by atoms with Gasteiger partial charge in [-0.3, -0.25) is 0 Å². The Labute approximate surface area is 88.9 Å². The van der Waals surface area contributed by atoms with Gasteiger partial charge in [0.2, 0.25) is 0 Å². The second kappa shape index (κ2) is 4.47. The van der Waals surface area contributed by atoms with E-state index < -0.39 is 0 Å². The lowest BCUT2D eigenvalue weighted by Crippen LogP contribution is -2.10. The van der Waals surface area contributed by atoms with Crippen LogP contribution in [0.1, 0.15) is 24.4 Å². The van der Waals surface area contributed by atoms with Crippen LogP contribution in [0.25, 0.3) is 10.9 Å². The van der Waals surface area contributed by atoms with Gasteiger partial charge in [-0.25, -0.2) is 0 Å². The van der Waals surface area contributed by atoms with E-state index >= 15 is 0 Å². The highest BCUT2D eigenvalue weighted by molar-refractivity contribution is 5.83. The Morgan fingerprint density at radius 3 is 2.93 bits per heavy atom. The van der Waals surface area contributed by atoms with Crippen LogP contribution >= 0.6 is 0 Å². The van der Waals surface area contributed by atoms with E-state index in [4.69, 9.17) is 10.8 Å². The molecule has 4 N–H and O–H groups in total. The van der Waals surface area contributed by atoms with E-state index in [0.717, 1.165) is 23.9 Å². The van der Waals surface area contributed by atoms with Crippen molar-refractivity contribution >= 4 is 10.9 Å². The molecule has 80 valence electrons. The van der Waals surface area contributed by atoms with E-state index in [1.165, 1.54) is 5.39 Å². The summed E-state index contributed by atoms with van der Waals surface area (Å²) in [6.45, 7) is 0.204. The van der Waals surface area contributed by atoms with Crippen LogP contribution in [0.2, 0.25) is 0 Å². The second-order valence-electron chi connectivity index (χ2n) is 3.76. The van der Waals surface area contributed by atoms with Gasteiger partial charge in [0, 0.05) is 29.7 Å². The number of aliphatic hydroxyl groups is 1. The van der Waals surface area contributed by atoms with Crippen molar-refractivity contribution in [2.75, 3.05) is 6.61 Å². The lowest BCUT2D eigenvalue weighted by molar-refractivity contribution is 0.280. The van der Waals surface area contributed by atoms with Crippen molar-refractivity contribution in [3.63, 3.8) is 0 Å². The Balaban J connectivity index is 2.27. The molecule has 1 aromatic carbocycles. The molecule has 0 spiro atoms. The number of hydrogen-bond donors (Lipinski definition) is 3. The first-order chi connectivity index (χ1) is 7.33. The molecule has 1 heterocycles. The molecule has 0 aliphatic carbocycles. The Morgan fingerprint density at radius 2 is 2.13 bits per heavy atom. The summed E-state index contributed by atoms with van der Waals surface area (Å²) in [4.78, 5) is 3.20. The monoisotopic (exact) mass is 204 g/mol. The van der Waals surface area contributed by atoms with E-state index in [1.807, 2.05) is 24.4 Å². The smallest absolute Gasteiger partial charge is 0.0457 e. The predicted octanol–water partition coefficient (Wildman–Crippen LogP) is 1.94. The van der Waals surface area contributed by atoms with E-state index in [-0.39, 0.29) is 12.6 Å². The fourth-order valence-corrected chi connectivity index (χ4v) is 1.87. The number of H-pyrrole nitrogens is 1. The van der Waals surface area contributed by atoms with Crippen LogP contribution < -0.4 is 5.73 Å². The van der Waals surface area contributed by atoms with Crippen molar-refractivity contribution < 1.29 is 5.11 Å². The molecule has 1 atom stereocenters. The quantitative estimate of drug-likeness (QED) is 0.712. The SMILES string of the molecule is N[C@@H](CCCO)c1c[nH]c2ccccc12. The Hall–Kier alpha value is -1.32. The third-order valence-corrected chi connectivity index (χ3v) is 2.69. The highest BCUT2D eigenvalue weighted by Crippen LogP contribution is 2.24. The lowest BCUT2D eigenvalue weighted by atomic mass is 10.0. The number of aromatic nitrogens is 1. The number of nitrogens with one attached hydrogen (secondary N) is 1. The van der Waals surface area contributed by atoms with Crippen LogP contribution in [0, 0.1) is 0 Å². The zero-order chi connectivity index (χ0) is 10.7. The van der Waals surface area contributed by atoms with E-state index in [9.17, 15) is 0 Å². The largest absolute Gasteiger partial charge is 0.396 e. The molecule has 2 rings (SSSR count). The van der Waals surface area contributed by atoms with Gasteiger partial charge in [-0.1, -0.05) is 18.2 Å². The minimum atomic E-state index is 0.00769. The van der Waals surface area contributed by atoms with Crippen LogP contribution in [0.3, 0.4) is 0 Å². The van der Waals surface area contributed by atoms with Crippen LogP contribution in [-0.2, 0) is 0 Å². The van der Waals surface area contributed by atoms with Crippen LogP contribution in [0.4, 0.5) is 0 Å². The Morgan fingerprint density at radius 1 is 1.33 bits per heavy atom. The molecule has 0 radical (unpaired) electrons. The zero-order valence-electron chi connectivity index (χ0n) is 8.61. The van der Waals surface area contributed by atoms with Gasteiger partial charge in [-0.2, -0.15) is 0 Å². The first-order valence-corrected chi connectivity index (χ1v) is 5.25. The highest BCUT2D eigenvalue weighted by atomic mass is 16.2. The summed E-state index contributed by atoms with van der Waals surface area (Å²) in [5.74, 6) is 0. The van der Waals surface area contributed by atoms with E-state index in [1.54, 1.807) is 0 Å². The molecular formula is C12H16N2O. The van der Waals surface area contributed by atoms with Gasteiger partial charge >= 0.3 is 0 Å². The molecule has 1 aromatic heterocycles. The summed E-state index contributed by atoms with van der Waals surface area (Å²) in [6.07, 6.45) is 3.53. The number of benzene rings is 1. The van der Waals surface area contributed by atoms with Gasteiger partial charge in [0.1, 0.15) is 0 Å². The van der Waals surface area contributed by atoms with Gasteiger partial charge in [0.05, 0.1) is 0 Å². The maximum absolute atomic E-state index is 8.76. The Bertz CT molecular complexity index is 436. The predicted molar refractivity (Wildman–Crippen MR) is 61.5 cm³/mol. The fourth-order valence-electron chi connectivity index (χ4n) is 1.87. The third-order valence-electron chi connectivity index (χ3n) is 2.69. The summed E-state index contributed by atoms with van der Waals surface area (Å²) in [7, 11) is 0. The van der Waals surface area contributed by atoms with Crippen LogP contribution in [-0.4, -0.2) is 16.7 Å². The maximum Gasteiger partial charge on any atom is 0.0457 e. The van der Waals surface area contributed by atoms with Crippen molar-refractivity contribution in [3.8, 4) is 0 Å². The average Bonchev–Trinajstić information content (AvgIpc) is 2.69. The molecule has 0 bridgehead atoms. The number of aliphatic hydroxyl groups excluding tert-OH is 1. The number of nitrogens with two attached hydrogens (primary N) is 1. The summed E-state index contributed by atoms with van der Waals surface area (Å²) in [5, 5.41) is 9.95. The van der Waals surface area contributed by atoms with E-state index in [0.29, 0.717) is 0 Å². The first kappa shape index (κ1) is 10.2. The number of aromatic amines is 1. The molecular weight excluding hydrogens is 188 g/mol. The van der Waals surface area contributed by atoms with Crippen molar-refractivity contribution in [3.05, 3.63) is 36.0 Å². The highest BCUT2D eigenvalue weighted by Gasteiger charge is 2.10. The van der Waals surface area contributed by atoms with Gasteiger partial charge in [-0.05, 0) is 24.5 Å². The number of fused-ring (bicyclic) bond motifs is 1. The molecule has 0 saturated heterocycles. The first-order valence-electron chi connectivity index (χ1n) is 5.25. The van der Waals surface area contributed by atoms with Crippen molar-refractivity contribution in [2.24, 2.45) is 5.73 Å². The summed E-state index contributed by atoms with van der Waals surface area (Å²) in [5.41, 5.74) is 8.32. The standard InChI is InChI=1S/C12H16N2O/c13-11(5-3-7-15)10-8-14-12-6-2-1-4-9(10)12/h1-2,4,6,8,11,14-15H,3,5,7,13H2/t11-/m0/s1. The van der Waals surface area contributed by atoms with Crippen molar-refractivity contribution in [1.29, 1.82) is 0 Å². The minimum Gasteiger partial charge on any atom is -0.396 e. The van der Waals surface area contributed by atoms with Gasteiger partial charge in [0.15, 0.2) is 0 Å². The molecule has 3 heteroatoms. The molecule has 3 nitrogen and oxygen atoms in total. The van der Waals surface area contributed by atoms with Gasteiger partial charge < -0.3 is 15.8 Å². The van der Waals surface area contributed by atoms with Crippen LogP contribution in [0.15, 0.2) is 30.5 Å². The number of hydrogen-bond acceptors (Lipinski definition) is 2. The molecule has 0 fully saturated rings. The minimum absolute atomic E-state index is 0.00769. The van der Waals surface area contributed by atoms with E-state index in [2.05, 4.69) is 11.1 Å². The zero-order valence-corrected chi connectivity index (χ0v) is 8.61. The topological polar surface area (TPSA) is 62.0 Å². The molecule has 0 aliphatic rings. The molecule has 0 unspecified atom stereocenters. The summed E-state index contributed by atoms with van der Waals surface area (Å²) < 4.78 is 0. The number of rotatable bonds is 4. The molecule has 15 heavy (non-hydrogen) atoms. The lowest BCUT2D eigenvalue weighted by Gasteiger charge is -2.09. The molecule has 0 saturated carbocycles. The summed E-state index contributed by atoms with van der Waals surface area (Å²) in [6, 6.07) is 8.13. The van der Waals surface area contributed by atoms with Gasteiger partial charge in [-0.15, -0.1) is 0 Å².